The molecule has 0 fully saturated rings. The lowest BCUT2D eigenvalue weighted by atomic mass is 10.1. The van der Waals surface area contributed by atoms with Crippen LogP contribution in [0.3, 0.4) is 0 Å². The van der Waals surface area contributed by atoms with Gasteiger partial charge in [0.05, 0.1) is 6.04 Å². The zero-order chi connectivity index (χ0) is 15.0. The average molecular weight is 291 g/mol. The molecule has 1 aliphatic carbocycles. The predicted octanol–water partition coefficient (Wildman–Crippen LogP) is 2.72. The normalized spacial score (nSPS) is 18.3. The van der Waals surface area contributed by atoms with Crippen molar-refractivity contribution in [2.75, 3.05) is 11.1 Å². The fourth-order valence-corrected chi connectivity index (χ4v) is 2.53. The van der Waals surface area contributed by atoms with Gasteiger partial charge in [0.25, 0.3) is 0 Å². The minimum absolute atomic E-state index is 0.0116. The molecule has 5 nitrogen and oxygen atoms in total. The maximum Gasteiger partial charge on any atom is 0.228 e. The van der Waals surface area contributed by atoms with Crippen molar-refractivity contribution in [2.24, 2.45) is 0 Å². The van der Waals surface area contributed by atoms with Crippen LogP contribution in [0.5, 0.6) is 0 Å². The third-order valence-corrected chi connectivity index (χ3v) is 3.51. The van der Waals surface area contributed by atoms with Gasteiger partial charge in [0.1, 0.15) is 5.82 Å². The number of anilines is 2. The van der Waals surface area contributed by atoms with E-state index >= 15 is 0 Å². The molecule has 0 spiro atoms. The summed E-state index contributed by atoms with van der Waals surface area (Å²) in [6.45, 7) is 1.33. The lowest BCUT2D eigenvalue weighted by molar-refractivity contribution is 0.356. The summed E-state index contributed by atoms with van der Waals surface area (Å²) in [5, 5.41) is 3.08. The zero-order valence-electron chi connectivity index (χ0n) is 11.5. The molecule has 2 atom stereocenters. The summed E-state index contributed by atoms with van der Waals surface area (Å²) < 4.78 is 26.7. The fraction of sp³-hybridized carbons (Fsp3) is 0.357. The number of alkyl halides is 1. The van der Waals surface area contributed by atoms with E-state index < -0.39 is 6.17 Å². The van der Waals surface area contributed by atoms with Crippen LogP contribution in [-0.2, 0) is 6.42 Å². The fourth-order valence-electron chi connectivity index (χ4n) is 2.53. The standard InChI is InChI=1S/C14H15F2N5/c1-7(15)12-19-13(17)21-14(20-12)18-11-5-3-8-2-4-9(16)6-10(8)11/h2,4,6-7,11H,3,5H2,1H3,(H3,17,18,19,20,21)/t7-,11-/m1/s1. The molecule has 1 aromatic carbocycles. The molecule has 0 aliphatic heterocycles. The lowest BCUT2D eigenvalue weighted by Crippen LogP contribution is -2.13. The van der Waals surface area contributed by atoms with E-state index in [4.69, 9.17) is 5.73 Å². The Kier molecular flexibility index (Phi) is 3.40. The van der Waals surface area contributed by atoms with Gasteiger partial charge in [-0.15, -0.1) is 0 Å². The maximum absolute atomic E-state index is 13.4. The van der Waals surface area contributed by atoms with Crippen LogP contribution in [-0.4, -0.2) is 15.0 Å². The number of aromatic nitrogens is 3. The molecule has 1 aliphatic rings. The summed E-state index contributed by atoms with van der Waals surface area (Å²) in [7, 11) is 0. The molecular formula is C14H15F2N5. The summed E-state index contributed by atoms with van der Waals surface area (Å²) in [6.07, 6.45) is 0.314. The van der Waals surface area contributed by atoms with Crippen LogP contribution in [0.25, 0.3) is 0 Å². The molecular weight excluding hydrogens is 276 g/mol. The molecule has 0 unspecified atom stereocenters. The van der Waals surface area contributed by atoms with Crippen molar-refractivity contribution in [1.29, 1.82) is 0 Å². The van der Waals surface area contributed by atoms with Gasteiger partial charge < -0.3 is 11.1 Å². The van der Waals surface area contributed by atoms with Gasteiger partial charge in [0.2, 0.25) is 11.9 Å². The van der Waals surface area contributed by atoms with Crippen molar-refractivity contribution in [1.82, 2.24) is 15.0 Å². The molecule has 3 rings (SSSR count). The number of benzene rings is 1. The molecule has 0 radical (unpaired) electrons. The molecule has 21 heavy (non-hydrogen) atoms. The molecule has 0 amide bonds. The number of rotatable bonds is 3. The molecule has 0 saturated heterocycles. The summed E-state index contributed by atoms with van der Waals surface area (Å²) in [5.41, 5.74) is 7.53. The monoisotopic (exact) mass is 291 g/mol. The molecule has 0 saturated carbocycles. The quantitative estimate of drug-likeness (QED) is 0.909. The predicted molar refractivity (Wildman–Crippen MR) is 74.8 cm³/mol. The van der Waals surface area contributed by atoms with E-state index in [1.165, 1.54) is 19.1 Å². The van der Waals surface area contributed by atoms with Crippen LogP contribution >= 0.6 is 0 Å². The first kappa shape index (κ1) is 13.7. The molecule has 7 heteroatoms. The second-order valence-electron chi connectivity index (χ2n) is 5.07. The van der Waals surface area contributed by atoms with E-state index in [0.29, 0.717) is 0 Å². The van der Waals surface area contributed by atoms with E-state index in [1.54, 1.807) is 6.07 Å². The Morgan fingerprint density at radius 1 is 1.33 bits per heavy atom. The van der Waals surface area contributed by atoms with Gasteiger partial charge in [-0.25, -0.2) is 8.78 Å². The van der Waals surface area contributed by atoms with Crippen LogP contribution in [0.15, 0.2) is 18.2 Å². The van der Waals surface area contributed by atoms with Crippen LogP contribution in [0.4, 0.5) is 20.7 Å². The van der Waals surface area contributed by atoms with E-state index in [0.717, 1.165) is 24.0 Å². The van der Waals surface area contributed by atoms with E-state index in [1.807, 2.05) is 0 Å². The highest BCUT2D eigenvalue weighted by atomic mass is 19.1. The smallest absolute Gasteiger partial charge is 0.228 e. The van der Waals surface area contributed by atoms with Crippen LogP contribution in [0.2, 0.25) is 0 Å². The first-order valence-corrected chi connectivity index (χ1v) is 6.73. The van der Waals surface area contributed by atoms with Crippen LogP contribution in [0.1, 0.15) is 42.5 Å². The van der Waals surface area contributed by atoms with Gasteiger partial charge in [-0.2, -0.15) is 15.0 Å². The summed E-state index contributed by atoms with van der Waals surface area (Å²) >= 11 is 0. The van der Waals surface area contributed by atoms with Gasteiger partial charge in [-0.3, -0.25) is 0 Å². The van der Waals surface area contributed by atoms with Crippen molar-refractivity contribution in [3.05, 3.63) is 41.0 Å². The third-order valence-electron chi connectivity index (χ3n) is 3.51. The molecule has 1 heterocycles. The Morgan fingerprint density at radius 3 is 2.90 bits per heavy atom. The molecule has 3 N–H and O–H groups in total. The van der Waals surface area contributed by atoms with Crippen molar-refractivity contribution in [3.63, 3.8) is 0 Å². The Hall–Kier alpha value is -2.31. The highest BCUT2D eigenvalue weighted by Crippen LogP contribution is 2.33. The summed E-state index contributed by atoms with van der Waals surface area (Å²) in [5.74, 6) is -0.119. The number of nitrogens with zero attached hydrogens (tertiary/aromatic N) is 3. The third kappa shape index (κ3) is 2.76. The molecule has 110 valence electrons. The number of fused-ring (bicyclic) bond motifs is 1. The Balaban J connectivity index is 1.87. The number of nitrogens with two attached hydrogens (primary N) is 1. The van der Waals surface area contributed by atoms with Gasteiger partial charge >= 0.3 is 0 Å². The minimum Gasteiger partial charge on any atom is -0.368 e. The van der Waals surface area contributed by atoms with Gasteiger partial charge in [0.15, 0.2) is 12.0 Å². The summed E-state index contributed by atoms with van der Waals surface area (Å²) in [6, 6.07) is 4.62. The molecule has 1 aromatic heterocycles. The van der Waals surface area contributed by atoms with E-state index in [9.17, 15) is 8.78 Å². The first-order valence-electron chi connectivity index (χ1n) is 6.73. The maximum atomic E-state index is 13.4. The van der Waals surface area contributed by atoms with E-state index in [-0.39, 0.29) is 29.6 Å². The molecule has 2 aromatic rings. The number of nitrogens with one attached hydrogen (secondary N) is 1. The first-order chi connectivity index (χ1) is 10.0. The number of halogens is 2. The number of hydrogen-bond acceptors (Lipinski definition) is 5. The number of hydrogen-bond donors (Lipinski definition) is 2. The van der Waals surface area contributed by atoms with Crippen LogP contribution < -0.4 is 11.1 Å². The Bertz CT molecular complexity index is 674. The SMILES string of the molecule is C[C@@H](F)c1nc(N)nc(N[C@@H]2CCc3ccc(F)cc32)n1. The number of aryl methyl sites for hydroxylation is 1. The highest BCUT2D eigenvalue weighted by molar-refractivity contribution is 5.42. The van der Waals surface area contributed by atoms with Gasteiger partial charge in [0, 0.05) is 0 Å². The highest BCUT2D eigenvalue weighted by Gasteiger charge is 2.24. The van der Waals surface area contributed by atoms with E-state index in [2.05, 4.69) is 20.3 Å². The second kappa shape index (κ2) is 5.23. The van der Waals surface area contributed by atoms with Crippen molar-refractivity contribution in [3.8, 4) is 0 Å². The Morgan fingerprint density at radius 2 is 2.14 bits per heavy atom. The zero-order valence-corrected chi connectivity index (χ0v) is 11.5. The van der Waals surface area contributed by atoms with Crippen molar-refractivity contribution < 1.29 is 8.78 Å². The lowest BCUT2D eigenvalue weighted by Gasteiger charge is -2.15. The van der Waals surface area contributed by atoms with Crippen LogP contribution in [0, 0.1) is 5.82 Å². The van der Waals surface area contributed by atoms with Gasteiger partial charge in [-0.1, -0.05) is 6.07 Å². The number of nitrogen functional groups attached to an aromatic ring is 1. The second-order valence-corrected chi connectivity index (χ2v) is 5.07. The van der Waals surface area contributed by atoms with Crippen molar-refractivity contribution in [2.45, 2.75) is 32.0 Å². The largest absolute Gasteiger partial charge is 0.368 e. The molecule has 0 bridgehead atoms. The minimum atomic E-state index is -1.33. The topological polar surface area (TPSA) is 76.7 Å². The van der Waals surface area contributed by atoms with Gasteiger partial charge in [-0.05, 0) is 43.0 Å². The Labute approximate surface area is 120 Å². The summed E-state index contributed by atoms with van der Waals surface area (Å²) in [4.78, 5) is 11.7. The average Bonchev–Trinajstić information content (AvgIpc) is 2.80. The van der Waals surface area contributed by atoms with Crippen molar-refractivity contribution >= 4 is 11.9 Å².